The highest BCUT2D eigenvalue weighted by atomic mass is 79.9. The van der Waals surface area contributed by atoms with Gasteiger partial charge in [-0.3, -0.25) is 9.59 Å². The van der Waals surface area contributed by atoms with E-state index in [4.69, 9.17) is 5.73 Å². The second-order valence-electron chi connectivity index (χ2n) is 6.12. The average molecular weight is 553 g/mol. The summed E-state index contributed by atoms with van der Waals surface area (Å²) in [6, 6.07) is 12.9. The third kappa shape index (κ3) is 6.04. The lowest BCUT2D eigenvalue weighted by atomic mass is 10.2. The Balaban J connectivity index is 1.34. The molecule has 2 heterocycles. The maximum absolute atomic E-state index is 12.4. The van der Waals surface area contributed by atoms with Gasteiger partial charge in [0.25, 0.3) is 0 Å². The van der Waals surface area contributed by atoms with E-state index in [1.807, 2.05) is 30.3 Å². The van der Waals surface area contributed by atoms with Crippen molar-refractivity contribution in [1.29, 1.82) is 0 Å². The number of ketones is 1. The molecule has 0 spiro atoms. The number of Topliss-reactive ketones (excluding diaryl/α,β-unsaturated/α-hetero) is 1. The minimum absolute atomic E-state index is 0.0550. The zero-order chi connectivity index (χ0) is 21.8. The van der Waals surface area contributed by atoms with Crippen LogP contribution in [0.2, 0.25) is 0 Å². The molecule has 0 aliphatic carbocycles. The van der Waals surface area contributed by atoms with E-state index in [0.717, 1.165) is 19.0 Å². The van der Waals surface area contributed by atoms with Crippen molar-refractivity contribution in [3.8, 4) is 0 Å². The largest absolute Gasteiger partial charge is 0.374 e. The molecule has 0 aliphatic rings. The van der Waals surface area contributed by atoms with Gasteiger partial charge in [-0.05, 0) is 30.3 Å². The number of benzene rings is 2. The zero-order valence-electron chi connectivity index (χ0n) is 15.7. The van der Waals surface area contributed by atoms with Crippen LogP contribution in [0.25, 0.3) is 10.2 Å². The first kappa shape index (κ1) is 22.2. The molecule has 0 radical (unpaired) electrons. The van der Waals surface area contributed by atoms with Crippen molar-refractivity contribution >= 4 is 94.9 Å². The number of nitrogens with one attached hydrogen (secondary N) is 1. The topological polar surface area (TPSA) is 111 Å². The molecule has 0 unspecified atom stereocenters. The Labute approximate surface area is 202 Å². The molecular weight excluding hydrogens is 538 g/mol. The van der Waals surface area contributed by atoms with E-state index in [9.17, 15) is 9.59 Å². The maximum Gasteiger partial charge on any atom is 0.234 e. The number of nitrogens with two attached hydrogens (primary N) is 1. The van der Waals surface area contributed by atoms with Gasteiger partial charge in [0.05, 0.1) is 21.7 Å². The summed E-state index contributed by atoms with van der Waals surface area (Å²) in [5.74, 6) is 0.448. The number of hydrogen-bond donors (Lipinski definition) is 2. The van der Waals surface area contributed by atoms with Crippen LogP contribution in [0.4, 0.5) is 10.8 Å². The van der Waals surface area contributed by atoms with E-state index in [1.165, 1.54) is 46.2 Å². The number of thioether (sulfide) groups is 2. The van der Waals surface area contributed by atoms with Crippen LogP contribution >= 0.6 is 62.1 Å². The molecule has 3 N–H and O–H groups in total. The molecule has 7 nitrogen and oxygen atoms in total. The van der Waals surface area contributed by atoms with Crippen molar-refractivity contribution in [3.05, 3.63) is 52.5 Å². The summed E-state index contributed by atoms with van der Waals surface area (Å²) in [6.45, 7) is 0. The predicted octanol–water partition coefficient (Wildman–Crippen LogP) is 5.20. The second-order valence-corrected chi connectivity index (χ2v) is 11.5. The maximum atomic E-state index is 12.4. The SMILES string of the molecule is Nc1nnc(SCC(=O)Nc2ccc3nc(SCC(=O)c4ccc(Br)cc4)sc3c2)s1. The molecule has 12 heteroatoms. The Kier molecular flexibility index (Phi) is 7.23. The number of aromatic nitrogens is 3. The predicted molar refractivity (Wildman–Crippen MR) is 132 cm³/mol. The van der Waals surface area contributed by atoms with E-state index in [0.29, 0.717) is 26.5 Å². The Morgan fingerprint density at radius 3 is 2.52 bits per heavy atom. The van der Waals surface area contributed by atoms with Gasteiger partial charge < -0.3 is 11.1 Å². The smallest absolute Gasteiger partial charge is 0.234 e. The standard InChI is InChI=1S/C19H14BrN5O2S4/c20-11-3-1-10(2-4-11)14(26)8-28-18-23-13-6-5-12(7-15(13)30-18)22-16(27)9-29-19-25-24-17(21)31-19/h1-7H,8-9H2,(H2,21,24)(H,22,27). The van der Waals surface area contributed by atoms with Crippen LogP contribution in [0.1, 0.15) is 10.4 Å². The third-order valence-corrected chi connectivity index (χ3v) is 8.47. The number of amides is 1. The summed E-state index contributed by atoms with van der Waals surface area (Å²) in [5, 5.41) is 10.9. The van der Waals surface area contributed by atoms with E-state index in [-0.39, 0.29) is 17.4 Å². The number of carbonyl (C=O) groups excluding carboxylic acids is 2. The first-order valence-electron chi connectivity index (χ1n) is 8.80. The van der Waals surface area contributed by atoms with Gasteiger partial charge in [-0.1, -0.05) is 62.9 Å². The summed E-state index contributed by atoms with van der Waals surface area (Å²) >= 11 is 8.82. The molecule has 1 amide bonds. The van der Waals surface area contributed by atoms with Gasteiger partial charge in [0, 0.05) is 15.7 Å². The molecule has 0 saturated heterocycles. The number of rotatable bonds is 8. The van der Waals surface area contributed by atoms with Crippen LogP contribution in [-0.2, 0) is 4.79 Å². The first-order chi connectivity index (χ1) is 15.0. The van der Waals surface area contributed by atoms with Crippen molar-refractivity contribution < 1.29 is 9.59 Å². The molecular formula is C19H14BrN5O2S4. The summed E-state index contributed by atoms with van der Waals surface area (Å²) in [7, 11) is 0. The quantitative estimate of drug-likeness (QED) is 0.227. The Morgan fingerprint density at radius 2 is 1.77 bits per heavy atom. The van der Waals surface area contributed by atoms with E-state index < -0.39 is 0 Å². The number of fused-ring (bicyclic) bond motifs is 1. The first-order valence-corrected chi connectivity index (χ1v) is 13.2. The summed E-state index contributed by atoms with van der Waals surface area (Å²) < 4.78 is 3.36. The Bertz CT molecular complexity index is 1240. The molecule has 0 saturated carbocycles. The summed E-state index contributed by atoms with van der Waals surface area (Å²) in [5.41, 5.74) is 7.75. The van der Waals surface area contributed by atoms with E-state index in [1.54, 1.807) is 12.1 Å². The number of thiazole rings is 1. The van der Waals surface area contributed by atoms with Gasteiger partial charge in [0.15, 0.2) is 14.5 Å². The Hall–Kier alpha value is -1.99. The number of nitrogen functional groups attached to an aromatic ring is 1. The lowest BCUT2D eigenvalue weighted by Gasteiger charge is -2.03. The minimum atomic E-state index is -0.141. The summed E-state index contributed by atoms with van der Waals surface area (Å²) in [6.07, 6.45) is 0. The van der Waals surface area contributed by atoms with Crippen LogP contribution in [0.5, 0.6) is 0 Å². The average Bonchev–Trinajstić information content (AvgIpc) is 3.36. The molecule has 0 bridgehead atoms. The van der Waals surface area contributed by atoms with Gasteiger partial charge in [0.1, 0.15) is 0 Å². The second kappa shape index (κ2) is 10.1. The molecule has 2 aromatic carbocycles. The summed E-state index contributed by atoms with van der Waals surface area (Å²) in [4.78, 5) is 29.1. The molecule has 0 fully saturated rings. The normalized spacial score (nSPS) is 11.0. The van der Waals surface area contributed by atoms with Crippen molar-refractivity contribution in [2.45, 2.75) is 8.68 Å². The van der Waals surface area contributed by atoms with Crippen LogP contribution in [0, 0.1) is 0 Å². The Morgan fingerprint density at radius 1 is 1.00 bits per heavy atom. The molecule has 0 aliphatic heterocycles. The molecule has 31 heavy (non-hydrogen) atoms. The molecule has 2 aromatic heterocycles. The van der Waals surface area contributed by atoms with Crippen molar-refractivity contribution in [3.63, 3.8) is 0 Å². The van der Waals surface area contributed by atoms with Crippen LogP contribution in [0.3, 0.4) is 0 Å². The number of carbonyl (C=O) groups is 2. The molecule has 158 valence electrons. The highest BCUT2D eigenvalue weighted by Gasteiger charge is 2.12. The minimum Gasteiger partial charge on any atom is -0.374 e. The monoisotopic (exact) mass is 551 g/mol. The van der Waals surface area contributed by atoms with Crippen LogP contribution in [-0.4, -0.2) is 38.4 Å². The van der Waals surface area contributed by atoms with Gasteiger partial charge >= 0.3 is 0 Å². The number of hydrogen-bond acceptors (Lipinski definition) is 10. The van der Waals surface area contributed by atoms with Gasteiger partial charge in [-0.25, -0.2) is 4.98 Å². The van der Waals surface area contributed by atoms with Crippen molar-refractivity contribution in [2.24, 2.45) is 0 Å². The lowest BCUT2D eigenvalue weighted by Crippen LogP contribution is -2.13. The number of halogens is 1. The molecule has 4 aromatic rings. The highest BCUT2D eigenvalue weighted by molar-refractivity contribution is 9.10. The van der Waals surface area contributed by atoms with Crippen molar-refractivity contribution in [2.75, 3.05) is 22.6 Å². The van der Waals surface area contributed by atoms with Crippen molar-refractivity contribution in [1.82, 2.24) is 15.2 Å². The molecule has 0 atom stereocenters. The molecule has 4 rings (SSSR count). The fraction of sp³-hybridized carbons (Fsp3) is 0.105. The van der Waals surface area contributed by atoms with Gasteiger partial charge in [-0.2, -0.15) is 0 Å². The van der Waals surface area contributed by atoms with E-state index >= 15 is 0 Å². The lowest BCUT2D eigenvalue weighted by molar-refractivity contribution is -0.113. The van der Waals surface area contributed by atoms with Gasteiger partial charge in [0.2, 0.25) is 11.0 Å². The highest BCUT2D eigenvalue weighted by Crippen LogP contribution is 2.32. The number of anilines is 2. The number of nitrogens with zero attached hydrogens (tertiary/aromatic N) is 3. The third-order valence-electron chi connectivity index (χ3n) is 3.89. The van der Waals surface area contributed by atoms with Crippen LogP contribution < -0.4 is 11.1 Å². The van der Waals surface area contributed by atoms with E-state index in [2.05, 4.69) is 36.4 Å². The fourth-order valence-corrected chi connectivity index (χ4v) is 6.20. The fourth-order valence-electron chi connectivity index (χ4n) is 2.49. The van der Waals surface area contributed by atoms with Crippen LogP contribution in [0.15, 0.2) is 55.6 Å². The van der Waals surface area contributed by atoms with Gasteiger partial charge in [-0.15, -0.1) is 21.5 Å². The zero-order valence-corrected chi connectivity index (χ0v) is 20.6.